The van der Waals surface area contributed by atoms with Gasteiger partial charge in [0.15, 0.2) is 9.84 Å². The highest BCUT2D eigenvalue weighted by molar-refractivity contribution is 7.91. The molecule has 0 aliphatic carbocycles. The second-order valence-electron chi connectivity index (χ2n) is 6.04. The van der Waals surface area contributed by atoms with Crippen LogP contribution in [0, 0.1) is 13.8 Å². The summed E-state index contributed by atoms with van der Waals surface area (Å²) in [4.78, 5) is 19.8. The zero-order valence-corrected chi connectivity index (χ0v) is 15.4. The van der Waals surface area contributed by atoms with Crippen LogP contribution >= 0.6 is 11.3 Å². The lowest BCUT2D eigenvalue weighted by molar-refractivity contribution is 0.0753. The number of aromatic nitrogens is 1. The molecular formula is C17H20N2O3S2. The summed E-state index contributed by atoms with van der Waals surface area (Å²) in [5.74, 6) is -0.122. The Morgan fingerprint density at radius 3 is 2.62 bits per heavy atom. The fraction of sp³-hybridized carbons (Fsp3) is 0.412. The lowest BCUT2D eigenvalue weighted by Crippen LogP contribution is -2.39. The van der Waals surface area contributed by atoms with Crippen LogP contribution in [0.4, 0.5) is 0 Å². The van der Waals surface area contributed by atoms with Gasteiger partial charge in [0.2, 0.25) is 0 Å². The Bertz CT molecular complexity index is 844. The second kappa shape index (κ2) is 6.64. The summed E-state index contributed by atoms with van der Waals surface area (Å²) < 4.78 is 25.2. The van der Waals surface area contributed by atoms with Crippen LogP contribution in [-0.2, 0) is 9.84 Å². The number of sulfone groups is 1. The third kappa shape index (κ3) is 3.37. The maximum atomic E-state index is 12.8. The molecule has 1 aromatic heterocycles. The summed E-state index contributed by atoms with van der Waals surface area (Å²) in [5.41, 5.74) is 0.721. The monoisotopic (exact) mass is 364 g/mol. The van der Waals surface area contributed by atoms with Crippen molar-refractivity contribution in [2.75, 3.05) is 12.3 Å². The van der Waals surface area contributed by atoms with Gasteiger partial charge in [-0.3, -0.25) is 4.79 Å². The summed E-state index contributed by atoms with van der Waals surface area (Å²) in [7, 11) is -3.40. The molecule has 1 amide bonds. The Kier molecular flexibility index (Phi) is 4.73. The number of rotatable bonds is 4. The molecule has 1 aliphatic heterocycles. The molecule has 0 saturated carbocycles. The number of hydrogen-bond acceptors (Lipinski definition) is 5. The van der Waals surface area contributed by atoms with E-state index in [0.29, 0.717) is 22.7 Å². The zero-order valence-electron chi connectivity index (χ0n) is 13.7. The van der Waals surface area contributed by atoms with Crippen molar-refractivity contribution in [1.29, 1.82) is 0 Å². The first kappa shape index (κ1) is 17.1. The van der Waals surface area contributed by atoms with Gasteiger partial charge in [-0.1, -0.05) is 18.2 Å². The SMILES string of the molecule is Cc1nc(C)c(C(=O)N2CCCC2CS(=O)(=O)c2ccccc2)s1. The Balaban J connectivity index is 1.81. The summed E-state index contributed by atoms with van der Waals surface area (Å²) >= 11 is 1.37. The van der Waals surface area contributed by atoms with Crippen LogP contribution in [-0.4, -0.2) is 42.5 Å². The largest absolute Gasteiger partial charge is 0.334 e. The van der Waals surface area contributed by atoms with Crippen molar-refractivity contribution in [2.24, 2.45) is 0 Å². The van der Waals surface area contributed by atoms with Gasteiger partial charge in [-0.05, 0) is 38.8 Å². The number of carbonyl (C=O) groups is 1. The van der Waals surface area contributed by atoms with E-state index in [9.17, 15) is 13.2 Å². The van der Waals surface area contributed by atoms with Crippen molar-refractivity contribution in [3.8, 4) is 0 Å². The van der Waals surface area contributed by atoms with Crippen LogP contribution in [0.3, 0.4) is 0 Å². The minimum atomic E-state index is -3.40. The van der Waals surface area contributed by atoms with Crippen LogP contribution in [0.15, 0.2) is 35.2 Å². The Labute approximate surface area is 146 Å². The van der Waals surface area contributed by atoms with Crippen LogP contribution < -0.4 is 0 Å². The molecule has 2 heterocycles. The van der Waals surface area contributed by atoms with Crippen molar-refractivity contribution < 1.29 is 13.2 Å². The normalized spacial score (nSPS) is 18.1. The van der Waals surface area contributed by atoms with E-state index in [-0.39, 0.29) is 17.7 Å². The second-order valence-corrected chi connectivity index (χ2v) is 9.27. The van der Waals surface area contributed by atoms with Crippen LogP contribution in [0.2, 0.25) is 0 Å². The van der Waals surface area contributed by atoms with Gasteiger partial charge < -0.3 is 4.90 Å². The molecule has 1 aliphatic rings. The molecule has 0 radical (unpaired) electrons. The van der Waals surface area contributed by atoms with E-state index >= 15 is 0 Å². The first-order valence-corrected chi connectivity index (χ1v) is 10.4. The van der Waals surface area contributed by atoms with Crippen LogP contribution in [0.1, 0.15) is 33.2 Å². The van der Waals surface area contributed by atoms with E-state index in [1.807, 2.05) is 13.8 Å². The molecule has 1 unspecified atom stereocenters. The van der Waals surface area contributed by atoms with Gasteiger partial charge in [-0.2, -0.15) is 0 Å². The molecule has 3 rings (SSSR count). The molecule has 1 fully saturated rings. The van der Waals surface area contributed by atoms with Gasteiger partial charge in [0.25, 0.3) is 5.91 Å². The Morgan fingerprint density at radius 2 is 2.00 bits per heavy atom. The molecule has 5 nitrogen and oxygen atoms in total. The lowest BCUT2D eigenvalue weighted by atomic mass is 10.2. The average molecular weight is 364 g/mol. The molecule has 1 saturated heterocycles. The summed E-state index contributed by atoms with van der Waals surface area (Å²) in [5, 5.41) is 0.850. The topological polar surface area (TPSA) is 67.3 Å². The third-order valence-electron chi connectivity index (χ3n) is 4.25. The van der Waals surface area contributed by atoms with E-state index < -0.39 is 9.84 Å². The molecule has 7 heteroatoms. The molecule has 2 aromatic rings. The van der Waals surface area contributed by atoms with Gasteiger partial charge in [0.05, 0.1) is 21.3 Å². The number of thiazole rings is 1. The van der Waals surface area contributed by atoms with Gasteiger partial charge in [0.1, 0.15) is 4.88 Å². The first-order chi connectivity index (χ1) is 11.4. The van der Waals surface area contributed by atoms with E-state index in [4.69, 9.17) is 0 Å². The van der Waals surface area contributed by atoms with E-state index in [0.717, 1.165) is 17.1 Å². The smallest absolute Gasteiger partial charge is 0.266 e. The van der Waals surface area contributed by atoms with Crippen molar-refractivity contribution >= 4 is 27.1 Å². The highest BCUT2D eigenvalue weighted by Crippen LogP contribution is 2.27. The highest BCUT2D eigenvalue weighted by Gasteiger charge is 2.34. The number of likely N-dealkylation sites (tertiary alicyclic amines) is 1. The quantitative estimate of drug-likeness (QED) is 0.837. The highest BCUT2D eigenvalue weighted by atomic mass is 32.2. The van der Waals surface area contributed by atoms with Gasteiger partial charge in [-0.15, -0.1) is 11.3 Å². The van der Waals surface area contributed by atoms with Gasteiger partial charge >= 0.3 is 0 Å². The van der Waals surface area contributed by atoms with Gasteiger partial charge in [-0.25, -0.2) is 13.4 Å². The molecule has 0 bridgehead atoms. The number of nitrogens with zero attached hydrogens (tertiary/aromatic N) is 2. The number of benzene rings is 1. The number of aryl methyl sites for hydroxylation is 2. The predicted molar refractivity (Wildman–Crippen MR) is 94.1 cm³/mol. The van der Waals surface area contributed by atoms with E-state index in [1.54, 1.807) is 35.2 Å². The molecule has 24 heavy (non-hydrogen) atoms. The summed E-state index contributed by atoms with van der Waals surface area (Å²) in [6.07, 6.45) is 1.55. The van der Waals surface area contributed by atoms with E-state index in [1.165, 1.54) is 11.3 Å². The molecule has 1 aromatic carbocycles. The molecule has 1 atom stereocenters. The lowest BCUT2D eigenvalue weighted by Gasteiger charge is -2.24. The van der Waals surface area contributed by atoms with Gasteiger partial charge in [0, 0.05) is 12.6 Å². The fourth-order valence-electron chi connectivity index (χ4n) is 3.11. The Morgan fingerprint density at radius 1 is 1.29 bits per heavy atom. The molecular weight excluding hydrogens is 344 g/mol. The van der Waals surface area contributed by atoms with Crippen molar-refractivity contribution in [3.05, 3.63) is 45.9 Å². The van der Waals surface area contributed by atoms with Crippen molar-refractivity contribution in [3.63, 3.8) is 0 Å². The minimum absolute atomic E-state index is 0.0282. The average Bonchev–Trinajstić information content (AvgIpc) is 3.13. The minimum Gasteiger partial charge on any atom is -0.334 e. The predicted octanol–water partition coefficient (Wildman–Crippen LogP) is 2.84. The van der Waals surface area contributed by atoms with Crippen LogP contribution in [0.5, 0.6) is 0 Å². The molecule has 0 spiro atoms. The standard InChI is InChI=1S/C17H20N2O3S2/c1-12-16(23-13(2)18-12)17(20)19-10-6-7-14(19)11-24(21,22)15-8-4-3-5-9-15/h3-5,8-9,14H,6-7,10-11H2,1-2H3. The number of carbonyl (C=O) groups excluding carboxylic acids is 1. The third-order valence-corrected chi connectivity index (χ3v) is 7.12. The van der Waals surface area contributed by atoms with E-state index in [2.05, 4.69) is 4.98 Å². The van der Waals surface area contributed by atoms with Crippen LogP contribution in [0.25, 0.3) is 0 Å². The Hall–Kier alpha value is -1.73. The molecule has 128 valence electrons. The van der Waals surface area contributed by atoms with Crippen molar-refractivity contribution in [2.45, 2.75) is 37.6 Å². The fourth-order valence-corrected chi connectivity index (χ4v) is 5.61. The first-order valence-electron chi connectivity index (χ1n) is 7.91. The number of hydrogen-bond donors (Lipinski definition) is 0. The maximum Gasteiger partial charge on any atom is 0.266 e. The molecule has 0 N–H and O–H groups in total. The zero-order chi connectivity index (χ0) is 17.3. The summed E-state index contributed by atoms with van der Waals surface area (Å²) in [6.45, 7) is 4.29. The number of amides is 1. The summed E-state index contributed by atoms with van der Waals surface area (Å²) in [6, 6.07) is 8.16. The maximum absolute atomic E-state index is 12.8. The van der Waals surface area contributed by atoms with Crippen molar-refractivity contribution in [1.82, 2.24) is 9.88 Å².